The van der Waals surface area contributed by atoms with E-state index in [2.05, 4.69) is 10.3 Å². The number of nitrogens with one attached hydrogen (secondary N) is 1. The number of hydrogen-bond donors (Lipinski definition) is 1. The minimum absolute atomic E-state index is 0.0103. The van der Waals surface area contributed by atoms with Gasteiger partial charge in [-0.1, -0.05) is 0 Å². The van der Waals surface area contributed by atoms with Gasteiger partial charge >= 0.3 is 6.18 Å². The lowest BCUT2D eigenvalue weighted by Gasteiger charge is -2.15. The predicted octanol–water partition coefficient (Wildman–Crippen LogP) is 3.53. The summed E-state index contributed by atoms with van der Waals surface area (Å²) in [6, 6.07) is 3.71. The molecule has 0 bridgehead atoms. The predicted molar refractivity (Wildman–Crippen MR) is 72.3 cm³/mol. The number of nitrogens with zero attached hydrogens (tertiary/aromatic N) is 1. The summed E-state index contributed by atoms with van der Waals surface area (Å²) in [4.78, 5) is 15.2. The maximum absolute atomic E-state index is 13.2. The number of alkyl halides is 3. The first-order valence-corrected chi connectivity index (χ1v) is 6.06. The number of anilines is 1. The van der Waals surface area contributed by atoms with Gasteiger partial charge in [0, 0.05) is 24.4 Å². The Morgan fingerprint density at radius 2 is 1.95 bits per heavy atom. The van der Waals surface area contributed by atoms with Gasteiger partial charge in [-0.2, -0.15) is 13.2 Å². The second-order valence-electron chi connectivity index (χ2n) is 4.56. The van der Waals surface area contributed by atoms with E-state index in [9.17, 15) is 18.0 Å². The average Bonchev–Trinajstić information content (AvgIpc) is 2.34. The van der Waals surface area contributed by atoms with Crippen molar-refractivity contribution in [3.05, 3.63) is 29.5 Å². The van der Waals surface area contributed by atoms with Crippen LogP contribution in [0.5, 0.6) is 5.75 Å². The minimum atomic E-state index is -4.52. The molecule has 1 heterocycles. The number of methoxy groups -OCH3 is 1. The third-order valence-electron chi connectivity index (χ3n) is 2.85. The molecule has 0 radical (unpaired) electrons. The molecule has 1 amide bonds. The molecular formula is C14H13F3N2O2. The summed E-state index contributed by atoms with van der Waals surface area (Å²) >= 11 is 0. The van der Waals surface area contributed by atoms with Gasteiger partial charge in [-0.25, -0.2) is 0 Å². The topological polar surface area (TPSA) is 51.2 Å². The molecule has 0 saturated heterocycles. The quantitative estimate of drug-likeness (QED) is 0.922. The van der Waals surface area contributed by atoms with E-state index in [0.29, 0.717) is 5.69 Å². The number of carbonyl (C=O) groups excluding carboxylic acids is 1. The smallest absolute Gasteiger partial charge is 0.417 e. The first-order valence-electron chi connectivity index (χ1n) is 6.06. The lowest BCUT2D eigenvalue weighted by Crippen LogP contribution is -2.10. The number of ether oxygens (including phenoxy) is 1. The van der Waals surface area contributed by atoms with Crippen LogP contribution < -0.4 is 10.1 Å². The number of aromatic nitrogens is 1. The Kier molecular flexibility index (Phi) is 3.76. The molecule has 1 N–H and O–H groups in total. The molecule has 0 unspecified atom stereocenters. The highest BCUT2D eigenvalue weighted by molar-refractivity contribution is 5.96. The zero-order chi connectivity index (χ0) is 15.8. The molecule has 1 aromatic carbocycles. The van der Waals surface area contributed by atoms with Crippen molar-refractivity contribution >= 4 is 22.5 Å². The molecule has 0 atom stereocenters. The number of carbonyl (C=O) groups is 1. The number of benzene rings is 1. The number of halogens is 3. The Morgan fingerprint density at radius 3 is 2.48 bits per heavy atom. The molecule has 2 aromatic rings. The third-order valence-corrected chi connectivity index (χ3v) is 2.85. The van der Waals surface area contributed by atoms with Crippen LogP contribution in [0.4, 0.5) is 18.9 Å². The monoisotopic (exact) mass is 298 g/mol. The minimum Gasteiger partial charge on any atom is -0.496 e. The summed E-state index contributed by atoms with van der Waals surface area (Å²) in [6.45, 7) is 2.79. The van der Waals surface area contributed by atoms with E-state index < -0.39 is 11.7 Å². The Balaban J connectivity index is 2.81. The van der Waals surface area contributed by atoms with Gasteiger partial charge in [0.05, 0.1) is 23.6 Å². The number of rotatable bonds is 2. The van der Waals surface area contributed by atoms with Gasteiger partial charge < -0.3 is 10.1 Å². The van der Waals surface area contributed by atoms with Gasteiger partial charge in [0.2, 0.25) is 5.91 Å². The maximum atomic E-state index is 13.2. The normalized spacial score (nSPS) is 11.5. The van der Waals surface area contributed by atoms with Gasteiger partial charge in [0.25, 0.3) is 0 Å². The number of aryl methyl sites for hydroxylation is 1. The number of fused-ring (bicyclic) bond motifs is 1. The largest absolute Gasteiger partial charge is 0.496 e. The van der Waals surface area contributed by atoms with Crippen LogP contribution in [0, 0.1) is 6.92 Å². The third kappa shape index (κ3) is 3.07. The molecule has 0 spiro atoms. The fourth-order valence-corrected chi connectivity index (χ4v) is 2.12. The highest BCUT2D eigenvalue weighted by atomic mass is 19.4. The van der Waals surface area contributed by atoms with Crippen LogP contribution in [0.25, 0.3) is 10.9 Å². The Labute approximate surface area is 118 Å². The Bertz CT molecular complexity index is 711. The summed E-state index contributed by atoms with van der Waals surface area (Å²) in [7, 11) is 1.27. The lowest BCUT2D eigenvalue weighted by atomic mass is 10.1. The zero-order valence-corrected chi connectivity index (χ0v) is 11.6. The molecule has 0 aliphatic rings. The summed E-state index contributed by atoms with van der Waals surface area (Å²) in [6.07, 6.45) is -4.52. The van der Waals surface area contributed by atoms with Gasteiger partial charge in [-0.3, -0.25) is 9.78 Å². The van der Waals surface area contributed by atoms with Gasteiger partial charge in [0.1, 0.15) is 5.75 Å². The number of pyridine rings is 1. The van der Waals surface area contributed by atoms with E-state index in [4.69, 9.17) is 4.74 Å². The van der Waals surface area contributed by atoms with Crippen LogP contribution >= 0.6 is 0 Å². The van der Waals surface area contributed by atoms with Crippen molar-refractivity contribution < 1.29 is 22.7 Å². The molecule has 2 rings (SSSR count). The fraction of sp³-hybridized carbons (Fsp3) is 0.286. The lowest BCUT2D eigenvalue weighted by molar-refractivity contribution is -0.136. The molecule has 4 nitrogen and oxygen atoms in total. The van der Waals surface area contributed by atoms with E-state index in [1.807, 2.05) is 0 Å². The Hall–Kier alpha value is -2.31. The fourth-order valence-electron chi connectivity index (χ4n) is 2.12. The highest BCUT2D eigenvalue weighted by Crippen LogP contribution is 2.40. The van der Waals surface area contributed by atoms with Crippen molar-refractivity contribution in [2.45, 2.75) is 20.0 Å². The van der Waals surface area contributed by atoms with Crippen LogP contribution in [0.2, 0.25) is 0 Å². The summed E-state index contributed by atoms with van der Waals surface area (Å²) in [5.74, 6) is -0.323. The molecule has 21 heavy (non-hydrogen) atoms. The molecule has 112 valence electrons. The molecule has 0 fully saturated rings. The van der Waals surface area contributed by atoms with Crippen molar-refractivity contribution in [1.29, 1.82) is 0 Å². The van der Waals surface area contributed by atoms with Crippen molar-refractivity contribution in [3.63, 3.8) is 0 Å². The molecular weight excluding hydrogens is 285 g/mol. The van der Waals surface area contributed by atoms with E-state index in [1.54, 1.807) is 0 Å². The van der Waals surface area contributed by atoms with Crippen LogP contribution in [-0.2, 0) is 11.0 Å². The summed E-state index contributed by atoms with van der Waals surface area (Å²) < 4.78 is 44.5. The van der Waals surface area contributed by atoms with Gasteiger partial charge in [-0.15, -0.1) is 0 Å². The van der Waals surface area contributed by atoms with Crippen LogP contribution in [0.1, 0.15) is 18.2 Å². The molecule has 0 aliphatic carbocycles. The first kappa shape index (κ1) is 15.1. The number of hydrogen-bond acceptors (Lipinski definition) is 3. The van der Waals surface area contributed by atoms with Crippen molar-refractivity contribution in [3.8, 4) is 5.75 Å². The van der Waals surface area contributed by atoms with E-state index in [-0.39, 0.29) is 28.3 Å². The molecule has 7 heteroatoms. The van der Waals surface area contributed by atoms with Crippen molar-refractivity contribution in [1.82, 2.24) is 4.98 Å². The van der Waals surface area contributed by atoms with Gasteiger partial charge in [0.15, 0.2) is 0 Å². The van der Waals surface area contributed by atoms with Crippen LogP contribution in [-0.4, -0.2) is 18.0 Å². The maximum Gasteiger partial charge on any atom is 0.417 e. The molecule has 1 aromatic heterocycles. The average molecular weight is 298 g/mol. The van der Waals surface area contributed by atoms with Gasteiger partial charge in [-0.05, 0) is 19.1 Å². The van der Waals surface area contributed by atoms with Crippen molar-refractivity contribution in [2.24, 2.45) is 0 Å². The van der Waals surface area contributed by atoms with Crippen LogP contribution in [0.15, 0.2) is 18.2 Å². The molecule has 0 saturated carbocycles. The zero-order valence-electron chi connectivity index (χ0n) is 11.6. The second kappa shape index (κ2) is 5.23. The van der Waals surface area contributed by atoms with E-state index in [1.165, 1.54) is 33.1 Å². The van der Waals surface area contributed by atoms with E-state index in [0.717, 1.165) is 6.07 Å². The number of amides is 1. The SMILES string of the molecule is COc1cc(NC(C)=O)cc2nc(C)cc(C(F)(F)F)c12. The second-order valence-corrected chi connectivity index (χ2v) is 4.56. The summed E-state index contributed by atoms with van der Waals surface area (Å²) in [5, 5.41) is 2.39. The first-order chi connectivity index (χ1) is 9.72. The van der Waals surface area contributed by atoms with E-state index >= 15 is 0 Å². The molecule has 0 aliphatic heterocycles. The van der Waals surface area contributed by atoms with Crippen LogP contribution in [0.3, 0.4) is 0 Å². The standard InChI is InChI=1S/C14H13F3N2O2/c1-7-4-10(14(15,16)17)13-11(18-7)5-9(19-8(2)20)6-12(13)21-3/h4-6H,1-3H3,(H,19,20). The van der Waals surface area contributed by atoms with Crippen molar-refractivity contribution in [2.75, 3.05) is 12.4 Å². The Morgan fingerprint density at radius 1 is 1.29 bits per heavy atom. The highest BCUT2D eigenvalue weighted by Gasteiger charge is 2.34. The summed E-state index contributed by atoms with van der Waals surface area (Å²) in [5.41, 5.74) is -0.128.